The number of allylic oxidation sites excluding steroid dienone is 1. The summed E-state index contributed by atoms with van der Waals surface area (Å²) in [6.07, 6.45) is 4.44. The molecule has 3 heteroatoms. The predicted octanol–water partition coefficient (Wildman–Crippen LogP) is 4.76. The number of methoxy groups -OCH3 is 2. The quantitative estimate of drug-likeness (QED) is 0.749. The molecule has 0 radical (unpaired) electrons. The highest BCUT2D eigenvalue weighted by Gasteiger charge is 2.15. The van der Waals surface area contributed by atoms with Crippen molar-refractivity contribution in [2.24, 2.45) is 0 Å². The van der Waals surface area contributed by atoms with Crippen LogP contribution in [0.1, 0.15) is 24.5 Å². The number of hydrogen-bond donors (Lipinski definition) is 1. The first-order valence-corrected chi connectivity index (χ1v) is 7.82. The summed E-state index contributed by atoms with van der Waals surface area (Å²) < 4.78 is 11.1. The first-order chi connectivity index (χ1) is 11.1. The fourth-order valence-corrected chi connectivity index (χ4v) is 2.74. The highest BCUT2D eigenvalue weighted by molar-refractivity contribution is 5.76. The van der Waals surface area contributed by atoms with Gasteiger partial charge >= 0.3 is 0 Å². The molecule has 0 aliphatic carbocycles. The van der Waals surface area contributed by atoms with Crippen LogP contribution >= 0.6 is 0 Å². The summed E-state index contributed by atoms with van der Waals surface area (Å²) in [6, 6.07) is 9.75. The monoisotopic (exact) mass is 312 g/mol. The van der Waals surface area contributed by atoms with Crippen LogP contribution in [0.3, 0.4) is 0 Å². The molecule has 0 saturated carbocycles. The second-order valence-electron chi connectivity index (χ2n) is 5.47. The Labute approximate surface area is 138 Å². The lowest BCUT2D eigenvalue weighted by Crippen LogP contribution is -1.97. The van der Waals surface area contributed by atoms with Crippen LogP contribution in [0.4, 0.5) is 0 Å². The molecular weight excluding hydrogens is 288 g/mol. The molecule has 0 aromatic heterocycles. The van der Waals surface area contributed by atoms with Gasteiger partial charge in [-0.2, -0.15) is 0 Å². The third kappa shape index (κ3) is 3.67. The Bertz CT molecular complexity index is 690. The van der Waals surface area contributed by atoms with Crippen molar-refractivity contribution in [3.05, 3.63) is 54.1 Å². The van der Waals surface area contributed by atoms with E-state index < -0.39 is 0 Å². The average Bonchev–Trinajstić information content (AvgIpc) is 2.56. The maximum atomic E-state index is 9.98. The van der Waals surface area contributed by atoms with Crippen LogP contribution in [0, 0.1) is 0 Å². The first-order valence-electron chi connectivity index (χ1n) is 7.82. The molecule has 1 N–H and O–H groups in total. The van der Waals surface area contributed by atoms with E-state index in [1.54, 1.807) is 26.4 Å². The third-order valence-corrected chi connectivity index (χ3v) is 3.83. The van der Waals surface area contributed by atoms with Gasteiger partial charge in [0.25, 0.3) is 0 Å². The number of benzene rings is 2. The molecule has 2 aromatic rings. The van der Waals surface area contributed by atoms with Crippen LogP contribution in [-0.4, -0.2) is 19.3 Å². The normalized spacial score (nSPS) is 10.4. The van der Waals surface area contributed by atoms with Gasteiger partial charge in [0.15, 0.2) is 11.5 Å². The molecule has 0 atom stereocenters. The van der Waals surface area contributed by atoms with Gasteiger partial charge in [0, 0.05) is 5.56 Å². The molecule has 122 valence electrons. The Hall–Kier alpha value is -2.42. The zero-order valence-corrected chi connectivity index (χ0v) is 14.1. The van der Waals surface area contributed by atoms with E-state index in [4.69, 9.17) is 9.47 Å². The fourth-order valence-electron chi connectivity index (χ4n) is 2.74. The highest BCUT2D eigenvalue weighted by Crippen LogP contribution is 2.40. The van der Waals surface area contributed by atoms with E-state index >= 15 is 0 Å². The summed E-state index contributed by atoms with van der Waals surface area (Å²) in [6.45, 7) is 5.90. The number of aryl methyl sites for hydroxylation is 1. The molecule has 0 unspecified atom stereocenters. The van der Waals surface area contributed by atoms with Crippen LogP contribution in [0.2, 0.25) is 0 Å². The predicted molar refractivity (Wildman–Crippen MR) is 94.5 cm³/mol. The highest BCUT2D eigenvalue weighted by atomic mass is 16.5. The van der Waals surface area contributed by atoms with Crippen molar-refractivity contribution in [2.75, 3.05) is 14.2 Å². The average molecular weight is 312 g/mol. The number of hydrogen-bond acceptors (Lipinski definition) is 3. The maximum Gasteiger partial charge on any atom is 0.168 e. The van der Waals surface area contributed by atoms with Gasteiger partial charge in [-0.3, -0.25) is 0 Å². The summed E-state index contributed by atoms with van der Waals surface area (Å²) in [5.41, 5.74) is 4.02. The Kier molecular flexibility index (Phi) is 5.69. The molecule has 0 spiro atoms. The lowest BCUT2D eigenvalue weighted by atomic mass is 9.96. The van der Waals surface area contributed by atoms with Gasteiger partial charge in [-0.05, 0) is 53.8 Å². The van der Waals surface area contributed by atoms with E-state index in [0.29, 0.717) is 12.2 Å². The second kappa shape index (κ2) is 7.73. The molecule has 23 heavy (non-hydrogen) atoms. The molecule has 2 aromatic carbocycles. The maximum absolute atomic E-state index is 9.98. The molecule has 0 heterocycles. The number of phenolic OH excluding ortho intramolecular Hbond substituents is 1. The minimum Gasteiger partial charge on any atom is -0.508 e. The van der Waals surface area contributed by atoms with Crippen LogP contribution in [0.15, 0.2) is 43.0 Å². The van der Waals surface area contributed by atoms with E-state index in [2.05, 4.69) is 19.6 Å². The van der Waals surface area contributed by atoms with Crippen LogP contribution in [0.5, 0.6) is 17.2 Å². The van der Waals surface area contributed by atoms with E-state index in [1.165, 1.54) is 5.56 Å². The van der Waals surface area contributed by atoms with Gasteiger partial charge in [-0.15, -0.1) is 6.58 Å². The van der Waals surface area contributed by atoms with Crippen molar-refractivity contribution >= 4 is 0 Å². The van der Waals surface area contributed by atoms with Gasteiger partial charge in [-0.25, -0.2) is 0 Å². The standard InChI is InChI=1S/C20H24O3/c1-5-7-14-11-17(20(23-4)19(12-14)22-3)15-9-10-18(21)16(13-15)8-6-2/h6,9-13,21H,2,5,7-8H2,1,3-4H3. The van der Waals surface area contributed by atoms with Crippen molar-refractivity contribution in [2.45, 2.75) is 26.2 Å². The van der Waals surface area contributed by atoms with Crippen molar-refractivity contribution in [3.63, 3.8) is 0 Å². The molecule has 2 rings (SSSR count). The zero-order chi connectivity index (χ0) is 16.8. The van der Waals surface area contributed by atoms with Gasteiger partial charge in [0.2, 0.25) is 0 Å². The van der Waals surface area contributed by atoms with E-state index in [9.17, 15) is 5.11 Å². The molecule has 0 amide bonds. The van der Waals surface area contributed by atoms with Gasteiger partial charge in [-0.1, -0.05) is 25.5 Å². The van der Waals surface area contributed by atoms with Crippen molar-refractivity contribution in [1.29, 1.82) is 0 Å². The van der Waals surface area contributed by atoms with Crippen LogP contribution in [0.25, 0.3) is 11.1 Å². The molecule has 0 saturated heterocycles. The summed E-state index contributed by atoms with van der Waals surface area (Å²) in [5.74, 6) is 1.72. The van der Waals surface area contributed by atoms with Gasteiger partial charge in [0.05, 0.1) is 14.2 Å². The minimum atomic E-state index is 0.282. The Morgan fingerprint density at radius 1 is 1.13 bits per heavy atom. The first kappa shape index (κ1) is 16.9. The molecule has 0 bridgehead atoms. The smallest absolute Gasteiger partial charge is 0.168 e. The Morgan fingerprint density at radius 3 is 2.52 bits per heavy atom. The topological polar surface area (TPSA) is 38.7 Å². The lowest BCUT2D eigenvalue weighted by Gasteiger charge is -2.16. The second-order valence-corrected chi connectivity index (χ2v) is 5.47. The summed E-state index contributed by atoms with van der Waals surface area (Å²) in [4.78, 5) is 0. The lowest BCUT2D eigenvalue weighted by molar-refractivity contribution is 0.355. The van der Waals surface area contributed by atoms with Crippen molar-refractivity contribution < 1.29 is 14.6 Å². The van der Waals surface area contributed by atoms with E-state index in [1.807, 2.05) is 18.2 Å². The van der Waals surface area contributed by atoms with E-state index in [0.717, 1.165) is 35.3 Å². The van der Waals surface area contributed by atoms with E-state index in [-0.39, 0.29) is 5.75 Å². The summed E-state index contributed by atoms with van der Waals surface area (Å²) >= 11 is 0. The van der Waals surface area contributed by atoms with Gasteiger partial charge in [0.1, 0.15) is 5.75 Å². The van der Waals surface area contributed by atoms with Crippen LogP contribution in [-0.2, 0) is 12.8 Å². The number of rotatable bonds is 7. The number of aromatic hydroxyl groups is 1. The number of phenols is 1. The third-order valence-electron chi connectivity index (χ3n) is 3.83. The summed E-state index contributed by atoms with van der Waals surface area (Å²) in [5, 5.41) is 9.98. The summed E-state index contributed by atoms with van der Waals surface area (Å²) in [7, 11) is 3.29. The molecular formula is C20H24O3. The zero-order valence-electron chi connectivity index (χ0n) is 14.1. The SMILES string of the molecule is C=CCc1cc(-c2cc(CCC)cc(OC)c2OC)ccc1O. The number of ether oxygens (including phenoxy) is 2. The minimum absolute atomic E-state index is 0.282. The largest absolute Gasteiger partial charge is 0.508 e. The Morgan fingerprint density at radius 2 is 1.91 bits per heavy atom. The fraction of sp³-hybridized carbons (Fsp3) is 0.300. The van der Waals surface area contributed by atoms with Crippen molar-refractivity contribution in [1.82, 2.24) is 0 Å². The Balaban J connectivity index is 2.62. The van der Waals surface area contributed by atoms with Crippen molar-refractivity contribution in [3.8, 4) is 28.4 Å². The molecule has 0 aliphatic rings. The molecule has 3 nitrogen and oxygen atoms in total. The van der Waals surface area contributed by atoms with Gasteiger partial charge < -0.3 is 14.6 Å². The molecule has 0 fully saturated rings. The molecule has 0 aliphatic heterocycles. The van der Waals surface area contributed by atoms with Crippen LogP contribution < -0.4 is 9.47 Å².